The van der Waals surface area contributed by atoms with Gasteiger partial charge in [0.2, 0.25) is 11.6 Å². The van der Waals surface area contributed by atoms with E-state index in [2.05, 4.69) is 0 Å². The highest BCUT2D eigenvalue weighted by Gasteiger charge is 2.20. The fourth-order valence-electron chi connectivity index (χ4n) is 1.56. The summed E-state index contributed by atoms with van der Waals surface area (Å²) in [6, 6.07) is 6.11. The zero-order valence-corrected chi connectivity index (χ0v) is 11.0. The molecule has 0 fully saturated rings. The quantitative estimate of drug-likeness (QED) is 0.623. The Morgan fingerprint density at radius 1 is 1.05 bits per heavy atom. The largest absolute Gasteiger partial charge is 0.483 e. The van der Waals surface area contributed by atoms with E-state index in [0.717, 1.165) is 0 Å². The molecule has 108 valence electrons. The minimum absolute atomic E-state index is 0.0895. The van der Waals surface area contributed by atoms with Crippen LogP contribution in [0.15, 0.2) is 24.3 Å². The second-order valence-electron chi connectivity index (χ2n) is 4.00. The maximum absolute atomic E-state index is 13.4. The van der Waals surface area contributed by atoms with Gasteiger partial charge in [0.05, 0.1) is 11.6 Å². The highest BCUT2D eigenvalue weighted by molar-refractivity contribution is 6.31. The summed E-state index contributed by atoms with van der Waals surface area (Å²) in [4.78, 5) is 0. The van der Waals surface area contributed by atoms with Crippen LogP contribution in [0.4, 0.5) is 17.6 Å². The van der Waals surface area contributed by atoms with Crippen molar-refractivity contribution >= 4 is 11.6 Å². The van der Waals surface area contributed by atoms with Gasteiger partial charge in [0.25, 0.3) is 0 Å². The fraction of sp³-hybridized carbons (Fsp3) is 0.0714. The van der Waals surface area contributed by atoms with Gasteiger partial charge in [0.15, 0.2) is 17.4 Å². The third-order valence-electron chi connectivity index (χ3n) is 2.63. The highest BCUT2D eigenvalue weighted by atomic mass is 35.5. The molecule has 0 atom stereocenters. The molecular weight excluding hydrogens is 310 g/mol. The summed E-state index contributed by atoms with van der Waals surface area (Å²) in [5.74, 6) is -7.53. The molecule has 0 N–H and O–H groups in total. The molecule has 0 aliphatic carbocycles. The molecule has 0 spiro atoms. The van der Waals surface area contributed by atoms with Gasteiger partial charge >= 0.3 is 0 Å². The number of nitriles is 1. The molecule has 21 heavy (non-hydrogen) atoms. The first-order valence-electron chi connectivity index (χ1n) is 5.58. The fourth-order valence-corrected chi connectivity index (χ4v) is 1.80. The lowest BCUT2D eigenvalue weighted by atomic mass is 10.1. The topological polar surface area (TPSA) is 33.0 Å². The lowest BCUT2D eigenvalue weighted by molar-refractivity contribution is 0.261. The summed E-state index contributed by atoms with van der Waals surface area (Å²) in [6.07, 6.45) is 0. The molecule has 0 saturated carbocycles. The van der Waals surface area contributed by atoms with Crippen molar-refractivity contribution in [2.45, 2.75) is 6.61 Å². The minimum Gasteiger partial charge on any atom is -0.483 e. The van der Waals surface area contributed by atoms with Crippen LogP contribution < -0.4 is 4.74 Å². The zero-order valence-electron chi connectivity index (χ0n) is 10.3. The number of benzene rings is 2. The van der Waals surface area contributed by atoms with Gasteiger partial charge in [0.1, 0.15) is 6.61 Å². The Labute approximate surface area is 122 Å². The number of hydrogen-bond acceptors (Lipinski definition) is 2. The van der Waals surface area contributed by atoms with E-state index < -0.39 is 35.6 Å². The van der Waals surface area contributed by atoms with Crippen LogP contribution in [-0.4, -0.2) is 0 Å². The van der Waals surface area contributed by atoms with Crippen molar-refractivity contribution < 1.29 is 22.3 Å². The van der Waals surface area contributed by atoms with E-state index >= 15 is 0 Å². The van der Waals surface area contributed by atoms with Crippen LogP contribution in [0.1, 0.15) is 11.1 Å². The van der Waals surface area contributed by atoms with Crippen molar-refractivity contribution in [2.75, 3.05) is 0 Å². The van der Waals surface area contributed by atoms with Gasteiger partial charge in [-0.25, -0.2) is 8.78 Å². The second-order valence-corrected chi connectivity index (χ2v) is 4.41. The molecule has 0 radical (unpaired) electrons. The Morgan fingerprint density at radius 3 is 2.19 bits per heavy atom. The van der Waals surface area contributed by atoms with E-state index in [1.165, 1.54) is 18.2 Å². The average Bonchev–Trinajstić information content (AvgIpc) is 2.46. The van der Waals surface area contributed by atoms with Crippen LogP contribution in [-0.2, 0) is 6.61 Å². The molecule has 0 aromatic heterocycles. The van der Waals surface area contributed by atoms with Crippen molar-refractivity contribution in [1.82, 2.24) is 0 Å². The summed E-state index contributed by atoms with van der Waals surface area (Å²) in [5, 5.41) is 8.80. The van der Waals surface area contributed by atoms with Crippen molar-refractivity contribution in [2.24, 2.45) is 0 Å². The average molecular weight is 316 g/mol. The number of halogens is 5. The Morgan fingerprint density at radius 2 is 1.67 bits per heavy atom. The summed E-state index contributed by atoms with van der Waals surface area (Å²) >= 11 is 5.85. The molecule has 7 heteroatoms. The van der Waals surface area contributed by atoms with Crippen molar-refractivity contribution in [1.29, 1.82) is 5.26 Å². The van der Waals surface area contributed by atoms with Gasteiger partial charge in [0, 0.05) is 16.7 Å². The molecular formula is C14H6ClF4NO. The van der Waals surface area contributed by atoms with E-state index in [-0.39, 0.29) is 16.7 Å². The molecule has 0 bridgehead atoms. The second kappa shape index (κ2) is 6.02. The molecule has 2 aromatic rings. The summed E-state index contributed by atoms with van der Waals surface area (Å²) in [7, 11) is 0. The summed E-state index contributed by atoms with van der Waals surface area (Å²) in [5.41, 5.74) is 0.594. The van der Waals surface area contributed by atoms with Crippen LogP contribution in [0.25, 0.3) is 0 Å². The van der Waals surface area contributed by atoms with E-state index in [4.69, 9.17) is 21.6 Å². The van der Waals surface area contributed by atoms with E-state index in [0.29, 0.717) is 5.56 Å². The molecule has 0 heterocycles. The van der Waals surface area contributed by atoms with E-state index in [1.807, 2.05) is 6.07 Å². The minimum atomic E-state index is -1.63. The van der Waals surface area contributed by atoms with E-state index in [9.17, 15) is 17.6 Å². The molecule has 0 aliphatic rings. The van der Waals surface area contributed by atoms with Crippen molar-refractivity contribution in [3.63, 3.8) is 0 Å². The molecule has 0 unspecified atom stereocenters. The van der Waals surface area contributed by atoms with Crippen LogP contribution in [0.2, 0.25) is 5.02 Å². The lowest BCUT2D eigenvalue weighted by Gasteiger charge is -2.10. The Bertz CT molecular complexity index is 716. The summed E-state index contributed by atoms with van der Waals surface area (Å²) in [6.45, 7) is -0.415. The normalized spacial score (nSPS) is 10.3. The van der Waals surface area contributed by atoms with Crippen molar-refractivity contribution in [3.05, 3.63) is 63.7 Å². The van der Waals surface area contributed by atoms with Crippen LogP contribution in [0, 0.1) is 34.6 Å². The predicted octanol–water partition coefficient (Wildman–Crippen LogP) is 4.35. The van der Waals surface area contributed by atoms with Gasteiger partial charge in [-0.2, -0.15) is 14.0 Å². The molecule has 0 amide bonds. The third-order valence-corrected chi connectivity index (χ3v) is 2.98. The standard InChI is InChI=1S/C14H6ClF4NO/c15-9-3-7(5-20)1-2-8(9)6-21-14-12(18)10(16)4-11(17)13(14)19/h1-4H,6H2. The van der Waals surface area contributed by atoms with Gasteiger partial charge in [-0.05, 0) is 12.1 Å². The van der Waals surface area contributed by atoms with E-state index in [1.54, 1.807) is 0 Å². The first-order valence-corrected chi connectivity index (χ1v) is 5.96. The highest BCUT2D eigenvalue weighted by Crippen LogP contribution is 2.28. The number of ether oxygens (including phenoxy) is 1. The Balaban J connectivity index is 2.27. The van der Waals surface area contributed by atoms with Crippen LogP contribution >= 0.6 is 11.6 Å². The maximum atomic E-state index is 13.4. The first kappa shape index (κ1) is 15.1. The van der Waals surface area contributed by atoms with Gasteiger partial charge in [-0.15, -0.1) is 0 Å². The van der Waals surface area contributed by atoms with Crippen LogP contribution in [0.5, 0.6) is 5.75 Å². The molecule has 2 nitrogen and oxygen atoms in total. The first-order chi connectivity index (χ1) is 9.93. The smallest absolute Gasteiger partial charge is 0.203 e. The van der Waals surface area contributed by atoms with Gasteiger partial charge < -0.3 is 4.74 Å². The van der Waals surface area contributed by atoms with Crippen molar-refractivity contribution in [3.8, 4) is 11.8 Å². The Kier molecular flexibility index (Phi) is 4.34. The molecule has 2 rings (SSSR count). The predicted molar refractivity (Wildman–Crippen MR) is 66.8 cm³/mol. The Hall–Kier alpha value is -2.26. The molecule has 0 aliphatic heterocycles. The third kappa shape index (κ3) is 3.09. The summed E-state index contributed by atoms with van der Waals surface area (Å²) < 4.78 is 57.5. The van der Waals surface area contributed by atoms with Gasteiger partial charge in [-0.1, -0.05) is 17.7 Å². The van der Waals surface area contributed by atoms with Gasteiger partial charge in [-0.3, -0.25) is 0 Å². The number of rotatable bonds is 3. The molecule has 2 aromatic carbocycles. The number of nitrogens with zero attached hydrogens (tertiary/aromatic N) is 1. The SMILES string of the molecule is N#Cc1ccc(COc2c(F)c(F)cc(F)c2F)c(Cl)c1. The molecule has 0 saturated heterocycles. The monoisotopic (exact) mass is 315 g/mol. The maximum Gasteiger partial charge on any atom is 0.203 e. The zero-order chi connectivity index (χ0) is 15.6. The number of hydrogen-bond donors (Lipinski definition) is 0. The lowest BCUT2D eigenvalue weighted by Crippen LogP contribution is -2.04. The van der Waals surface area contributed by atoms with Crippen LogP contribution in [0.3, 0.4) is 0 Å².